The standard InChI is InChI=1S/C14H20ClN3O3/c1-3-17-9-10(15)7-11(17)13(19)18-6-5-16-8-12(18)14(20)21-4-2/h7,9,12,16H,3-6,8H2,1-2H3. The van der Waals surface area contributed by atoms with E-state index in [0.29, 0.717) is 43.5 Å². The summed E-state index contributed by atoms with van der Waals surface area (Å²) >= 11 is 5.98. The zero-order chi connectivity index (χ0) is 15.4. The second kappa shape index (κ2) is 6.95. The van der Waals surface area contributed by atoms with Crippen LogP contribution in [0.25, 0.3) is 0 Å². The highest BCUT2D eigenvalue weighted by molar-refractivity contribution is 6.31. The van der Waals surface area contributed by atoms with Gasteiger partial charge in [0.25, 0.3) is 5.91 Å². The van der Waals surface area contributed by atoms with Gasteiger partial charge in [-0.2, -0.15) is 0 Å². The molecule has 7 heteroatoms. The largest absolute Gasteiger partial charge is 0.464 e. The van der Waals surface area contributed by atoms with Crippen LogP contribution in [0.4, 0.5) is 0 Å². The predicted molar refractivity (Wildman–Crippen MR) is 79.4 cm³/mol. The van der Waals surface area contributed by atoms with Crippen molar-refractivity contribution in [3.63, 3.8) is 0 Å². The van der Waals surface area contributed by atoms with Gasteiger partial charge in [-0.3, -0.25) is 4.79 Å². The summed E-state index contributed by atoms with van der Waals surface area (Å²) in [5.41, 5.74) is 0.499. The van der Waals surface area contributed by atoms with E-state index in [4.69, 9.17) is 16.3 Å². The van der Waals surface area contributed by atoms with Gasteiger partial charge in [0.15, 0.2) is 0 Å². The lowest BCUT2D eigenvalue weighted by molar-refractivity contribution is -0.149. The van der Waals surface area contributed by atoms with Gasteiger partial charge in [-0.15, -0.1) is 0 Å². The van der Waals surface area contributed by atoms with E-state index in [-0.39, 0.29) is 11.9 Å². The van der Waals surface area contributed by atoms with Gasteiger partial charge < -0.3 is 19.5 Å². The Kier molecular flexibility index (Phi) is 5.25. The first-order valence-corrected chi connectivity index (χ1v) is 7.50. The smallest absolute Gasteiger partial charge is 0.330 e. The molecule has 0 bridgehead atoms. The highest BCUT2D eigenvalue weighted by Gasteiger charge is 2.34. The number of carbonyl (C=O) groups is 2. The number of ether oxygens (including phenoxy) is 1. The van der Waals surface area contributed by atoms with Crippen LogP contribution < -0.4 is 5.32 Å². The van der Waals surface area contributed by atoms with Crippen LogP contribution in [-0.2, 0) is 16.1 Å². The fourth-order valence-electron chi connectivity index (χ4n) is 2.46. The van der Waals surface area contributed by atoms with Crippen molar-refractivity contribution < 1.29 is 14.3 Å². The molecular formula is C14H20ClN3O3. The summed E-state index contributed by atoms with van der Waals surface area (Å²) in [6.45, 7) is 6.16. The molecule has 6 nitrogen and oxygen atoms in total. The number of hydrogen-bond donors (Lipinski definition) is 1. The minimum atomic E-state index is -0.592. The SMILES string of the molecule is CCOC(=O)C1CNCCN1C(=O)c1cc(Cl)cn1CC. The fourth-order valence-corrected chi connectivity index (χ4v) is 2.68. The van der Waals surface area contributed by atoms with Crippen molar-refractivity contribution in [2.75, 3.05) is 26.2 Å². The quantitative estimate of drug-likeness (QED) is 0.847. The van der Waals surface area contributed by atoms with Crippen LogP contribution in [0.5, 0.6) is 0 Å². The van der Waals surface area contributed by atoms with Crippen LogP contribution >= 0.6 is 11.6 Å². The van der Waals surface area contributed by atoms with Crippen molar-refractivity contribution in [2.24, 2.45) is 0 Å². The molecule has 0 saturated carbocycles. The normalized spacial score (nSPS) is 18.6. The first-order valence-electron chi connectivity index (χ1n) is 7.12. The van der Waals surface area contributed by atoms with Crippen molar-refractivity contribution in [3.8, 4) is 0 Å². The third-order valence-electron chi connectivity index (χ3n) is 3.49. The lowest BCUT2D eigenvalue weighted by Crippen LogP contribution is -2.57. The van der Waals surface area contributed by atoms with E-state index in [1.54, 1.807) is 28.7 Å². The molecule has 1 aliphatic heterocycles. The number of esters is 1. The van der Waals surface area contributed by atoms with Gasteiger partial charge in [-0.05, 0) is 19.9 Å². The van der Waals surface area contributed by atoms with E-state index < -0.39 is 6.04 Å². The van der Waals surface area contributed by atoms with Crippen LogP contribution in [0.3, 0.4) is 0 Å². The molecular weight excluding hydrogens is 294 g/mol. The molecule has 1 fully saturated rings. The highest BCUT2D eigenvalue weighted by atomic mass is 35.5. The maximum Gasteiger partial charge on any atom is 0.330 e. The van der Waals surface area contributed by atoms with Crippen molar-refractivity contribution in [2.45, 2.75) is 26.4 Å². The number of carbonyl (C=O) groups excluding carboxylic acids is 2. The topological polar surface area (TPSA) is 63.6 Å². The minimum Gasteiger partial charge on any atom is -0.464 e. The van der Waals surface area contributed by atoms with Crippen molar-refractivity contribution >= 4 is 23.5 Å². The van der Waals surface area contributed by atoms with Crippen molar-refractivity contribution in [1.29, 1.82) is 0 Å². The molecule has 1 N–H and O–H groups in total. The highest BCUT2D eigenvalue weighted by Crippen LogP contribution is 2.18. The molecule has 1 unspecified atom stereocenters. The molecule has 116 valence electrons. The maximum atomic E-state index is 12.7. The molecule has 21 heavy (non-hydrogen) atoms. The first-order chi connectivity index (χ1) is 10.1. The first kappa shape index (κ1) is 15.9. The van der Waals surface area contributed by atoms with E-state index in [0.717, 1.165) is 0 Å². The summed E-state index contributed by atoms with van der Waals surface area (Å²) in [4.78, 5) is 26.3. The zero-order valence-electron chi connectivity index (χ0n) is 12.3. The van der Waals surface area contributed by atoms with Gasteiger partial charge in [-0.1, -0.05) is 11.6 Å². The Balaban J connectivity index is 2.24. The van der Waals surface area contributed by atoms with Crippen LogP contribution in [0, 0.1) is 0 Å². The molecule has 1 aliphatic rings. The molecule has 0 radical (unpaired) electrons. The zero-order valence-corrected chi connectivity index (χ0v) is 13.0. The van der Waals surface area contributed by atoms with E-state index in [1.165, 1.54) is 0 Å². The van der Waals surface area contributed by atoms with Gasteiger partial charge in [0, 0.05) is 32.4 Å². The number of nitrogens with one attached hydrogen (secondary N) is 1. The van der Waals surface area contributed by atoms with Gasteiger partial charge in [0.1, 0.15) is 11.7 Å². The predicted octanol–water partition coefficient (Wildman–Crippen LogP) is 1.14. The van der Waals surface area contributed by atoms with Crippen molar-refractivity contribution in [1.82, 2.24) is 14.8 Å². The lowest BCUT2D eigenvalue weighted by atomic mass is 10.1. The van der Waals surface area contributed by atoms with Gasteiger partial charge in [0.05, 0.1) is 11.6 Å². The van der Waals surface area contributed by atoms with Gasteiger partial charge in [-0.25, -0.2) is 4.79 Å². The number of rotatable bonds is 4. The van der Waals surface area contributed by atoms with Crippen LogP contribution in [0.1, 0.15) is 24.3 Å². The van der Waals surface area contributed by atoms with Crippen molar-refractivity contribution in [3.05, 3.63) is 23.0 Å². The molecule has 1 amide bonds. The van der Waals surface area contributed by atoms with E-state index in [1.807, 2.05) is 6.92 Å². The lowest BCUT2D eigenvalue weighted by Gasteiger charge is -2.34. The summed E-state index contributed by atoms with van der Waals surface area (Å²) in [5.74, 6) is -0.568. The molecule has 1 aromatic rings. The molecule has 1 atom stereocenters. The average molecular weight is 314 g/mol. The Hall–Kier alpha value is -1.53. The third kappa shape index (κ3) is 3.39. The monoisotopic (exact) mass is 313 g/mol. The molecule has 2 heterocycles. The number of aromatic nitrogens is 1. The fraction of sp³-hybridized carbons (Fsp3) is 0.571. The summed E-state index contributed by atoms with van der Waals surface area (Å²) in [6.07, 6.45) is 1.72. The molecule has 1 aromatic heterocycles. The molecule has 0 aromatic carbocycles. The summed E-state index contributed by atoms with van der Waals surface area (Å²) < 4.78 is 6.84. The summed E-state index contributed by atoms with van der Waals surface area (Å²) in [5, 5.41) is 3.63. The Morgan fingerprint density at radius 3 is 2.90 bits per heavy atom. The summed E-state index contributed by atoms with van der Waals surface area (Å²) in [6, 6.07) is 1.04. The Morgan fingerprint density at radius 2 is 2.24 bits per heavy atom. The summed E-state index contributed by atoms with van der Waals surface area (Å²) in [7, 11) is 0. The number of aryl methyl sites for hydroxylation is 1. The molecule has 2 rings (SSSR count). The van der Waals surface area contributed by atoms with Crippen LogP contribution in [-0.4, -0.2) is 53.6 Å². The second-order valence-corrected chi connectivity index (χ2v) is 5.24. The van der Waals surface area contributed by atoms with E-state index >= 15 is 0 Å². The number of nitrogens with zero attached hydrogens (tertiary/aromatic N) is 2. The van der Waals surface area contributed by atoms with Crippen LogP contribution in [0.15, 0.2) is 12.3 Å². The second-order valence-electron chi connectivity index (χ2n) is 4.80. The molecule has 0 spiro atoms. The number of amides is 1. The van der Waals surface area contributed by atoms with E-state index in [2.05, 4.69) is 5.32 Å². The Morgan fingerprint density at radius 1 is 1.48 bits per heavy atom. The Labute approximate surface area is 129 Å². The van der Waals surface area contributed by atoms with E-state index in [9.17, 15) is 9.59 Å². The number of halogens is 1. The Bertz CT molecular complexity index is 530. The molecule has 0 aliphatic carbocycles. The van der Waals surface area contributed by atoms with Gasteiger partial charge >= 0.3 is 5.97 Å². The average Bonchev–Trinajstić information content (AvgIpc) is 2.88. The van der Waals surface area contributed by atoms with Crippen LogP contribution in [0.2, 0.25) is 5.02 Å². The minimum absolute atomic E-state index is 0.191. The molecule has 1 saturated heterocycles. The van der Waals surface area contributed by atoms with Gasteiger partial charge in [0.2, 0.25) is 0 Å². The number of hydrogen-bond acceptors (Lipinski definition) is 4. The number of piperazine rings is 1. The maximum absolute atomic E-state index is 12.7. The third-order valence-corrected chi connectivity index (χ3v) is 3.69.